The zero-order valence-corrected chi connectivity index (χ0v) is 18.7. The summed E-state index contributed by atoms with van der Waals surface area (Å²) in [6.07, 6.45) is 2.71. The minimum Gasteiger partial charge on any atom is -0.381 e. The molecule has 0 radical (unpaired) electrons. The van der Waals surface area contributed by atoms with E-state index in [0.717, 1.165) is 54.5 Å². The highest BCUT2D eigenvalue weighted by atomic mass is 19.1. The number of hydrogen-bond acceptors (Lipinski definition) is 5. The number of halogens is 2. The lowest BCUT2D eigenvalue weighted by Gasteiger charge is -2.17. The van der Waals surface area contributed by atoms with Crippen molar-refractivity contribution in [3.05, 3.63) is 76.6 Å². The van der Waals surface area contributed by atoms with Crippen LogP contribution in [0.1, 0.15) is 40.2 Å². The van der Waals surface area contributed by atoms with Gasteiger partial charge in [-0.05, 0) is 62.1 Å². The highest BCUT2D eigenvalue weighted by Crippen LogP contribution is 2.32. The van der Waals surface area contributed by atoms with Crippen LogP contribution in [0.15, 0.2) is 42.5 Å². The number of nitrogens with two attached hydrogens (primary N) is 1. The summed E-state index contributed by atoms with van der Waals surface area (Å²) in [5.74, 6) is -0.634. The second kappa shape index (κ2) is 8.74. The van der Waals surface area contributed by atoms with Gasteiger partial charge in [0.1, 0.15) is 11.6 Å². The van der Waals surface area contributed by atoms with Crippen LogP contribution in [0.3, 0.4) is 0 Å². The number of nitrogens with zero attached hydrogens (tertiary/aromatic N) is 3. The number of nitrogens with one attached hydrogen (secondary N) is 2. The molecule has 34 heavy (non-hydrogen) atoms. The first-order chi connectivity index (χ1) is 16.4. The van der Waals surface area contributed by atoms with E-state index in [9.17, 15) is 13.6 Å². The van der Waals surface area contributed by atoms with Gasteiger partial charge in [0.05, 0.1) is 22.5 Å². The number of amides is 1. The third kappa shape index (κ3) is 4.05. The SMILES string of the molecule is Cc1cc2c(C(N)=O)cc(F)cc2n1-c1nc2c(c(NCc3cccc(F)c3)n1)NCCCC2. The van der Waals surface area contributed by atoms with E-state index in [0.29, 0.717) is 29.2 Å². The number of aromatic nitrogens is 3. The van der Waals surface area contributed by atoms with Crippen molar-refractivity contribution in [1.29, 1.82) is 0 Å². The molecule has 2 aromatic heterocycles. The molecule has 0 bridgehead atoms. The first-order valence-electron chi connectivity index (χ1n) is 11.2. The molecule has 0 fully saturated rings. The molecule has 174 valence electrons. The van der Waals surface area contributed by atoms with Gasteiger partial charge in [-0.1, -0.05) is 12.1 Å². The van der Waals surface area contributed by atoms with Crippen LogP contribution in [-0.4, -0.2) is 27.0 Å². The molecule has 2 aromatic carbocycles. The van der Waals surface area contributed by atoms with Crippen LogP contribution in [0, 0.1) is 18.6 Å². The minimum absolute atomic E-state index is 0.109. The Morgan fingerprint density at radius 3 is 2.79 bits per heavy atom. The third-order valence-corrected chi connectivity index (χ3v) is 6.00. The first-order valence-corrected chi connectivity index (χ1v) is 11.2. The maximum Gasteiger partial charge on any atom is 0.249 e. The lowest BCUT2D eigenvalue weighted by atomic mass is 10.1. The Morgan fingerprint density at radius 1 is 1.15 bits per heavy atom. The van der Waals surface area contributed by atoms with Crippen LogP contribution in [-0.2, 0) is 13.0 Å². The second-order valence-electron chi connectivity index (χ2n) is 8.43. The Kier molecular flexibility index (Phi) is 5.61. The van der Waals surface area contributed by atoms with Crippen LogP contribution in [0.25, 0.3) is 16.9 Å². The standard InChI is InChI=1S/C25H24F2N6O/c1-14-9-18-19(23(28)34)11-17(27)12-21(18)33(14)25-31-20-7-2-3-8-29-22(20)24(32-25)30-13-15-5-4-6-16(26)10-15/h4-6,9-12,29H,2-3,7-8,13H2,1H3,(H2,28,34)(H,30,31,32). The number of carbonyl (C=O) groups is 1. The maximum absolute atomic E-state index is 14.4. The highest BCUT2D eigenvalue weighted by Gasteiger charge is 2.21. The molecule has 4 N–H and O–H groups in total. The van der Waals surface area contributed by atoms with E-state index in [1.807, 2.05) is 13.0 Å². The maximum atomic E-state index is 14.4. The molecule has 0 saturated heterocycles. The summed E-state index contributed by atoms with van der Waals surface area (Å²) in [7, 11) is 0. The average Bonchev–Trinajstić information content (AvgIpc) is 2.96. The summed E-state index contributed by atoms with van der Waals surface area (Å²) < 4.78 is 29.8. The van der Waals surface area contributed by atoms with E-state index in [-0.39, 0.29) is 11.4 Å². The van der Waals surface area contributed by atoms with E-state index in [1.165, 1.54) is 18.2 Å². The summed E-state index contributed by atoms with van der Waals surface area (Å²) in [5.41, 5.74) is 9.24. The number of carbonyl (C=O) groups excluding carboxylic acids is 1. The van der Waals surface area contributed by atoms with Crippen molar-refractivity contribution in [3.8, 4) is 5.95 Å². The van der Waals surface area contributed by atoms with Crippen LogP contribution in [0.5, 0.6) is 0 Å². The molecule has 0 spiro atoms. The lowest BCUT2D eigenvalue weighted by Crippen LogP contribution is -2.14. The van der Waals surface area contributed by atoms with Gasteiger partial charge in [0, 0.05) is 24.2 Å². The Balaban J connectivity index is 1.64. The molecule has 0 aliphatic carbocycles. The van der Waals surface area contributed by atoms with Crippen LogP contribution in [0.4, 0.5) is 20.3 Å². The fourth-order valence-electron chi connectivity index (χ4n) is 4.43. The zero-order chi connectivity index (χ0) is 23.8. The monoisotopic (exact) mass is 462 g/mol. The molecule has 1 aliphatic heterocycles. The van der Waals surface area contributed by atoms with Crippen molar-refractivity contribution in [2.45, 2.75) is 32.7 Å². The highest BCUT2D eigenvalue weighted by molar-refractivity contribution is 6.06. The summed E-state index contributed by atoms with van der Waals surface area (Å²) in [6.45, 7) is 3.01. The minimum atomic E-state index is -0.703. The normalized spacial score (nSPS) is 13.3. The third-order valence-electron chi connectivity index (χ3n) is 6.00. The molecule has 1 aliphatic rings. The average molecular weight is 463 g/mol. The predicted octanol–water partition coefficient (Wildman–Crippen LogP) is 4.47. The summed E-state index contributed by atoms with van der Waals surface area (Å²) in [4.78, 5) is 21.5. The van der Waals surface area contributed by atoms with Crippen molar-refractivity contribution in [2.75, 3.05) is 17.2 Å². The Hall–Kier alpha value is -4.01. The summed E-state index contributed by atoms with van der Waals surface area (Å²) in [5, 5.41) is 7.26. The van der Waals surface area contributed by atoms with E-state index < -0.39 is 11.7 Å². The second-order valence-corrected chi connectivity index (χ2v) is 8.43. The summed E-state index contributed by atoms with van der Waals surface area (Å²) in [6, 6.07) is 10.6. The van der Waals surface area contributed by atoms with Crippen LogP contribution in [0.2, 0.25) is 0 Å². The Bertz CT molecular complexity index is 1410. The number of benzene rings is 2. The van der Waals surface area contributed by atoms with Crippen molar-refractivity contribution in [3.63, 3.8) is 0 Å². The van der Waals surface area contributed by atoms with Gasteiger partial charge in [0.15, 0.2) is 5.82 Å². The number of anilines is 2. The molecule has 1 amide bonds. The summed E-state index contributed by atoms with van der Waals surface area (Å²) >= 11 is 0. The molecule has 7 nitrogen and oxygen atoms in total. The molecular weight excluding hydrogens is 438 g/mol. The first kappa shape index (κ1) is 21.8. The van der Waals surface area contributed by atoms with Gasteiger partial charge in [-0.2, -0.15) is 4.98 Å². The van der Waals surface area contributed by atoms with Crippen molar-refractivity contribution in [1.82, 2.24) is 14.5 Å². The number of fused-ring (bicyclic) bond motifs is 2. The van der Waals surface area contributed by atoms with Gasteiger partial charge >= 0.3 is 0 Å². The zero-order valence-electron chi connectivity index (χ0n) is 18.7. The molecule has 9 heteroatoms. The molecular formula is C25H24F2N6O. The largest absolute Gasteiger partial charge is 0.381 e. The smallest absolute Gasteiger partial charge is 0.249 e. The fraction of sp³-hybridized carbons (Fsp3) is 0.240. The van der Waals surface area contributed by atoms with E-state index in [2.05, 4.69) is 10.6 Å². The molecule has 0 saturated carbocycles. The molecule has 5 rings (SSSR count). The molecule has 0 atom stereocenters. The topological polar surface area (TPSA) is 97.9 Å². The van der Waals surface area contributed by atoms with Gasteiger partial charge in [0.2, 0.25) is 11.9 Å². The van der Waals surface area contributed by atoms with Crippen molar-refractivity contribution >= 4 is 28.3 Å². The van der Waals surface area contributed by atoms with Gasteiger partial charge in [-0.15, -0.1) is 0 Å². The Morgan fingerprint density at radius 2 is 2.00 bits per heavy atom. The van der Waals surface area contributed by atoms with Gasteiger partial charge in [0.25, 0.3) is 0 Å². The molecule has 0 unspecified atom stereocenters. The number of hydrogen-bond donors (Lipinski definition) is 3. The van der Waals surface area contributed by atoms with Crippen LogP contribution >= 0.6 is 0 Å². The number of rotatable bonds is 5. The van der Waals surface area contributed by atoms with Crippen molar-refractivity contribution < 1.29 is 13.6 Å². The quantitative estimate of drug-likeness (QED) is 0.407. The molecule has 3 heterocycles. The van der Waals surface area contributed by atoms with Crippen LogP contribution < -0.4 is 16.4 Å². The predicted molar refractivity (Wildman–Crippen MR) is 127 cm³/mol. The van der Waals surface area contributed by atoms with Gasteiger partial charge in [-0.3, -0.25) is 9.36 Å². The van der Waals surface area contributed by atoms with E-state index in [4.69, 9.17) is 15.7 Å². The molecule has 4 aromatic rings. The number of aryl methyl sites for hydroxylation is 2. The van der Waals surface area contributed by atoms with E-state index in [1.54, 1.807) is 16.7 Å². The van der Waals surface area contributed by atoms with E-state index >= 15 is 0 Å². The van der Waals surface area contributed by atoms with Gasteiger partial charge < -0.3 is 16.4 Å². The lowest BCUT2D eigenvalue weighted by molar-refractivity contribution is 0.100. The van der Waals surface area contributed by atoms with Crippen molar-refractivity contribution in [2.24, 2.45) is 5.73 Å². The number of primary amides is 1. The fourth-order valence-corrected chi connectivity index (χ4v) is 4.43. The Labute approximate surface area is 195 Å². The van der Waals surface area contributed by atoms with Gasteiger partial charge in [-0.25, -0.2) is 13.8 Å².